The molecular formula is C15H29N5OS. The van der Waals surface area contributed by atoms with Gasteiger partial charge in [-0.25, -0.2) is 4.68 Å². The van der Waals surface area contributed by atoms with Crippen LogP contribution >= 0.6 is 12.2 Å². The quantitative estimate of drug-likeness (QED) is 0.768. The third kappa shape index (κ3) is 4.62. The summed E-state index contributed by atoms with van der Waals surface area (Å²) in [4.78, 5) is 4.67. The lowest BCUT2D eigenvalue weighted by Gasteiger charge is -2.31. The minimum absolute atomic E-state index is 0.0684. The molecule has 0 aromatic carbocycles. The van der Waals surface area contributed by atoms with Crippen molar-refractivity contribution in [2.45, 2.75) is 39.0 Å². The number of piperidine rings is 1. The first kappa shape index (κ1) is 17.6. The van der Waals surface area contributed by atoms with Crippen LogP contribution in [0.15, 0.2) is 0 Å². The van der Waals surface area contributed by atoms with Crippen LogP contribution < -0.4 is 0 Å². The van der Waals surface area contributed by atoms with Crippen LogP contribution in [0.2, 0.25) is 0 Å². The summed E-state index contributed by atoms with van der Waals surface area (Å²) in [5.41, 5.74) is 0. The predicted molar refractivity (Wildman–Crippen MR) is 90.0 cm³/mol. The molecule has 0 amide bonds. The summed E-state index contributed by atoms with van der Waals surface area (Å²) in [6.07, 6.45) is 5.16. The number of aliphatic hydroxyl groups excluding tert-OH is 1. The monoisotopic (exact) mass is 327 g/mol. The van der Waals surface area contributed by atoms with Crippen molar-refractivity contribution in [3.8, 4) is 0 Å². The van der Waals surface area contributed by atoms with E-state index in [1.165, 1.54) is 32.2 Å². The third-order valence-electron chi connectivity index (χ3n) is 4.53. The first-order valence-electron chi connectivity index (χ1n) is 8.12. The fraction of sp³-hybridized carbons (Fsp3) is 0.867. The molecule has 2 rings (SSSR count). The lowest BCUT2D eigenvalue weighted by atomic mass is 9.92. The number of likely N-dealkylation sites (tertiary alicyclic amines) is 1. The molecule has 1 aliphatic rings. The minimum Gasteiger partial charge on any atom is -0.388 e. The highest BCUT2D eigenvalue weighted by molar-refractivity contribution is 7.71. The number of aromatic nitrogens is 3. The van der Waals surface area contributed by atoms with Crippen molar-refractivity contribution in [1.82, 2.24) is 24.1 Å². The Kier molecular flexibility index (Phi) is 6.55. The van der Waals surface area contributed by atoms with Crippen molar-refractivity contribution in [3.63, 3.8) is 0 Å². The number of rotatable bonds is 7. The summed E-state index contributed by atoms with van der Waals surface area (Å²) in [6, 6.07) is 0. The fourth-order valence-electron chi connectivity index (χ4n) is 3.06. The molecule has 0 unspecified atom stereocenters. The average Bonchev–Trinajstić information content (AvgIpc) is 2.76. The SMILES string of the molecule is CN(C)CCCC1CCN(Cn2nc(CO)n(C)c2=S)CC1. The molecule has 6 nitrogen and oxygen atoms in total. The van der Waals surface area contributed by atoms with E-state index in [2.05, 4.69) is 29.0 Å². The maximum Gasteiger partial charge on any atom is 0.198 e. The van der Waals surface area contributed by atoms with Crippen LogP contribution in [0.5, 0.6) is 0 Å². The van der Waals surface area contributed by atoms with Gasteiger partial charge >= 0.3 is 0 Å². The van der Waals surface area contributed by atoms with Gasteiger partial charge in [0.1, 0.15) is 6.61 Å². The molecular weight excluding hydrogens is 298 g/mol. The van der Waals surface area contributed by atoms with Gasteiger partial charge in [0.25, 0.3) is 0 Å². The van der Waals surface area contributed by atoms with Crippen LogP contribution in [0, 0.1) is 10.7 Å². The molecule has 7 heteroatoms. The molecule has 1 aromatic rings. The van der Waals surface area contributed by atoms with Crippen LogP contribution in [0.25, 0.3) is 0 Å². The summed E-state index contributed by atoms with van der Waals surface area (Å²) in [7, 11) is 6.13. The molecule has 0 bridgehead atoms. The third-order valence-corrected chi connectivity index (χ3v) is 5.02. The highest BCUT2D eigenvalue weighted by Gasteiger charge is 2.20. The lowest BCUT2D eigenvalue weighted by molar-refractivity contribution is 0.134. The van der Waals surface area contributed by atoms with Gasteiger partial charge in [-0.3, -0.25) is 4.90 Å². The Morgan fingerprint density at radius 3 is 2.55 bits per heavy atom. The Balaban J connectivity index is 1.79. The van der Waals surface area contributed by atoms with Crippen LogP contribution in [-0.4, -0.2) is 63.0 Å². The molecule has 2 heterocycles. The topological polar surface area (TPSA) is 49.5 Å². The molecule has 0 saturated carbocycles. The van der Waals surface area contributed by atoms with E-state index in [9.17, 15) is 5.11 Å². The van der Waals surface area contributed by atoms with Crippen LogP contribution in [-0.2, 0) is 20.3 Å². The standard InChI is InChI=1S/C15H29N5OS/c1-17(2)8-4-5-13-6-9-19(10-7-13)12-20-15(22)18(3)14(11-21)16-20/h13,21H,4-12H2,1-3H3. The van der Waals surface area contributed by atoms with E-state index >= 15 is 0 Å². The summed E-state index contributed by atoms with van der Waals surface area (Å²) in [5.74, 6) is 1.49. The van der Waals surface area contributed by atoms with E-state index in [-0.39, 0.29) is 6.61 Å². The van der Waals surface area contributed by atoms with Gasteiger partial charge in [0, 0.05) is 20.1 Å². The minimum atomic E-state index is -0.0684. The average molecular weight is 327 g/mol. The maximum absolute atomic E-state index is 9.26. The molecule has 0 radical (unpaired) electrons. The Hall–Kier alpha value is -0.760. The first-order valence-corrected chi connectivity index (χ1v) is 8.52. The number of aliphatic hydroxyl groups is 1. The van der Waals surface area contributed by atoms with Gasteiger partial charge in [0.15, 0.2) is 10.6 Å². The van der Waals surface area contributed by atoms with Crippen LogP contribution in [0.4, 0.5) is 0 Å². The molecule has 1 aromatic heterocycles. The molecule has 0 spiro atoms. The van der Waals surface area contributed by atoms with Crippen molar-refractivity contribution >= 4 is 12.2 Å². The van der Waals surface area contributed by atoms with Crippen molar-refractivity contribution in [1.29, 1.82) is 0 Å². The van der Waals surface area contributed by atoms with Crippen molar-refractivity contribution < 1.29 is 5.11 Å². The van der Waals surface area contributed by atoms with Crippen molar-refractivity contribution in [2.75, 3.05) is 33.7 Å². The number of hydrogen-bond donors (Lipinski definition) is 1. The molecule has 1 saturated heterocycles. The van der Waals surface area contributed by atoms with E-state index < -0.39 is 0 Å². The zero-order valence-electron chi connectivity index (χ0n) is 14.0. The summed E-state index contributed by atoms with van der Waals surface area (Å²) < 4.78 is 4.29. The van der Waals surface area contributed by atoms with Crippen LogP contribution in [0.1, 0.15) is 31.5 Å². The highest BCUT2D eigenvalue weighted by atomic mass is 32.1. The maximum atomic E-state index is 9.26. The molecule has 126 valence electrons. The Bertz CT molecular complexity index is 516. The van der Waals surface area contributed by atoms with Gasteiger partial charge < -0.3 is 14.6 Å². The van der Waals surface area contributed by atoms with E-state index in [1.807, 2.05) is 11.7 Å². The molecule has 22 heavy (non-hydrogen) atoms. The van der Waals surface area contributed by atoms with E-state index in [0.29, 0.717) is 10.6 Å². The molecule has 1 fully saturated rings. The molecule has 0 atom stereocenters. The highest BCUT2D eigenvalue weighted by Crippen LogP contribution is 2.22. The van der Waals surface area contributed by atoms with Gasteiger partial charge in [0.05, 0.1) is 6.67 Å². The Morgan fingerprint density at radius 2 is 2.00 bits per heavy atom. The van der Waals surface area contributed by atoms with Crippen LogP contribution in [0.3, 0.4) is 0 Å². The summed E-state index contributed by atoms with van der Waals surface area (Å²) >= 11 is 5.37. The molecule has 1 aliphatic heterocycles. The van der Waals surface area contributed by atoms with Gasteiger partial charge in [-0.2, -0.15) is 5.10 Å². The molecule has 1 N–H and O–H groups in total. The Morgan fingerprint density at radius 1 is 1.32 bits per heavy atom. The largest absolute Gasteiger partial charge is 0.388 e. The van der Waals surface area contributed by atoms with Crippen molar-refractivity contribution in [2.24, 2.45) is 13.0 Å². The van der Waals surface area contributed by atoms with Crippen molar-refractivity contribution in [3.05, 3.63) is 10.6 Å². The van der Waals surface area contributed by atoms with Gasteiger partial charge in [-0.1, -0.05) is 0 Å². The Labute approximate surface area is 138 Å². The molecule has 0 aliphatic carbocycles. The van der Waals surface area contributed by atoms with Gasteiger partial charge in [-0.15, -0.1) is 0 Å². The fourth-order valence-corrected chi connectivity index (χ4v) is 3.27. The van der Waals surface area contributed by atoms with E-state index in [0.717, 1.165) is 25.7 Å². The normalized spacial score (nSPS) is 17.5. The summed E-state index contributed by atoms with van der Waals surface area (Å²) in [6.45, 7) is 4.07. The zero-order chi connectivity index (χ0) is 16.1. The van der Waals surface area contributed by atoms with E-state index in [4.69, 9.17) is 12.2 Å². The van der Waals surface area contributed by atoms with Gasteiger partial charge in [0.2, 0.25) is 0 Å². The lowest BCUT2D eigenvalue weighted by Crippen LogP contribution is -2.35. The second-order valence-corrected chi connectivity index (χ2v) is 6.93. The zero-order valence-corrected chi connectivity index (χ0v) is 14.8. The first-order chi connectivity index (χ1) is 10.5. The second kappa shape index (κ2) is 8.19. The second-order valence-electron chi connectivity index (χ2n) is 6.56. The van der Waals surface area contributed by atoms with Gasteiger partial charge in [-0.05, 0) is 64.5 Å². The number of nitrogens with zero attached hydrogens (tertiary/aromatic N) is 5. The van der Waals surface area contributed by atoms with E-state index in [1.54, 1.807) is 4.57 Å². The summed E-state index contributed by atoms with van der Waals surface area (Å²) in [5, 5.41) is 13.6. The smallest absolute Gasteiger partial charge is 0.198 e. The predicted octanol–water partition coefficient (Wildman–Crippen LogP) is 1.45. The number of hydrogen-bond acceptors (Lipinski definition) is 5.